The summed E-state index contributed by atoms with van der Waals surface area (Å²) >= 11 is 1.10. The molecule has 0 bridgehead atoms. The van der Waals surface area contributed by atoms with Crippen molar-refractivity contribution in [2.45, 2.75) is 13.8 Å². The van der Waals surface area contributed by atoms with E-state index >= 15 is 0 Å². The van der Waals surface area contributed by atoms with E-state index in [9.17, 15) is 13.6 Å². The highest BCUT2D eigenvalue weighted by Crippen LogP contribution is 2.32. The highest BCUT2D eigenvalue weighted by Gasteiger charge is 2.23. The standard InChI is InChI=1S/C21H23F2N3O2S.ClH/c1-4-25(5-2)9-10-26(20(27)14-7-6-8-16(11-14)28-3)21-24-19-17(23)12-15(22)13-18(19)29-21;/h6-8,11-13H,4-5,9-10H2,1-3H3;1H. The van der Waals surface area contributed by atoms with E-state index < -0.39 is 11.6 Å². The molecule has 1 aromatic heterocycles. The summed E-state index contributed by atoms with van der Waals surface area (Å²) < 4.78 is 33.3. The molecule has 30 heavy (non-hydrogen) atoms. The first-order valence-corrected chi connectivity index (χ1v) is 10.2. The Morgan fingerprint density at radius 1 is 1.13 bits per heavy atom. The molecule has 0 unspecified atom stereocenters. The van der Waals surface area contributed by atoms with Crippen molar-refractivity contribution in [3.05, 3.63) is 53.6 Å². The summed E-state index contributed by atoms with van der Waals surface area (Å²) in [6, 6.07) is 8.88. The zero-order valence-corrected chi connectivity index (χ0v) is 18.7. The van der Waals surface area contributed by atoms with Gasteiger partial charge in [-0.1, -0.05) is 31.3 Å². The number of thiazole rings is 1. The molecule has 0 radical (unpaired) electrons. The van der Waals surface area contributed by atoms with Crippen LogP contribution in [-0.4, -0.2) is 49.1 Å². The number of fused-ring (bicyclic) bond motifs is 1. The van der Waals surface area contributed by atoms with E-state index in [2.05, 4.69) is 9.88 Å². The highest BCUT2D eigenvalue weighted by molar-refractivity contribution is 7.22. The van der Waals surface area contributed by atoms with Crippen molar-refractivity contribution in [3.8, 4) is 5.75 Å². The Bertz CT molecular complexity index is 1010. The Morgan fingerprint density at radius 3 is 2.53 bits per heavy atom. The van der Waals surface area contributed by atoms with Gasteiger partial charge in [-0.2, -0.15) is 0 Å². The van der Waals surface area contributed by atoms with Gasteiger partial charge in [0.05, 0.1) is 11.8 Å². The van der Waals surface area contributed by atoms with Gasteiger partial charge in [0, 0.05) is 24.7 Å². The number of aromatic nitrogens is 1. The fraction of sp³-hybridized carbons (Fsp3) is 0.333. The highest BCUT2D eigenvalue weighted by atomic mass is 35.5. The minimum atomic E-state index is -0.736. The molecule has 0 saturated carbocycles. The maximum absolute atomic E-state index is 14.1. The fourth-order valence-electron chi connectivity index (χ4n) is 3.04. The molecule has 162 valence electrons. The quantitative estimate of drug-likeness (QED) is 0.480. The van der Waals surface area contributed by atoms with E-state index in [1.165, 1.54) is 18.1 Å². The number of ether oxygens (including phenoxy) is 1. The number of hydrogen-bond donors (Lipinski definition) is 0. The number of hydrogen-bond acceptors (Lipinski definition) is 5. The Hall–Kier alpha value is -2.29. The van der Waals surface area contributed by atoms with Gasteiger partial charge >= 0.3 is 0 Å². The van der Waals surface area contributed by atoms with Crippen LogP contribution in [0.3, 0.4) is 0 Å². The summed E-state index contributed by atoms with van der Waals surface area (Å²) in [4.78, 5) is 21.3. The van der Waals surface area contributed by atoms with Gasteiger partial charge in [0.25, 0.3) is 5.91 Å². The van der Waals surface area contributed by atoms with Gasteiger partial charge in [0.2, 0.25) is 0 Å². The van der Waals surface area contributed by atoms with E-state index in [-0.39, 0.29) is 23.8 Å². The number of carbonyl (C=O) groups excluding carboxylic acids is 1. The number of halogens is 3. The third-order valence-electron chi connectivity index (χ3n) is 4.73. The number of rotatable bonds is 8. The molecule has 3 aromatic rings. The smallest absolute Gasteiger partial charge is 0.260 e. The topological polar surface area (TPSA) is 45.7 Å². The van der Waals surface area contributed by atoms with Crippen molar-refractivity contribution in [1.29, 1.82) is 0 Å². The molecule has 9 heteroatoms. The van der Waals surface area contributed by atoms with Gasteiger partial charge in [0.1, 0.15) is 17.1 Å². The van der Waals surface area contributed by atoms with Gasteiger partial charge in [-0.05, 0) is 37.4 Å². The SMILES string of the molecule is CCN(CC)CCN(C(=O)c1cccc(OC)c1)c1nc2c(F)cc(F)cc2s1.Cl. The summed E-state index contributed by atoms with van der Waals surface area (Å²) in [5, 5.41) is 0.337. The van der Waals surface area contributed by atoms with E-state index in [0.717, 1.165) is 30.5 Å². The normalized spacial score (nSPS) is 10.9. The predicted molar refractivity (Wildman–Crippen MR) is 119 cm³/mol. The van der Waals surface area contributed by atoms with E-state index in [1.54, 1.807) is 24.3 Å². The number of nitrogens with zero attached hydrogens (tertiary/aromatic N) is 3. The third kappa shape index (κ3) is 5.24. The second-order valence-electron chi connectivity index (χ2n) is 6.45. The van der Waals surface area contributed by atoms with Crippen LogP contribution >= 0.6 is 23.7 Å². The van der Waals surface area contributed by atoms with Crippen LogP contribution in [0.5, 0.6) is 5.75 Å². The monoisotopic (exact) mass is 455 g/mol. The van der Waals surface area contributed by atoms with Crippen LogP contribution in [-0.2, 0) is 0 Å². The van der Waals surface area contributed by atoms with Gasteiger partial charge in [-0.3, -0.25) is 9.69 Å². The van der Waals surface area contributed by atoms with E-state index in [0.29, 0.717) is 34.2 Å². The van der Waals surface area contributed by atoms with Gasteiger partial charge in [0.15, 0.2) is 10.9 Å². The zero-order chi connectivity index (χ0) is 21.0. The van der Waals surface area contributed by atoms with Crippen LogP contribution in [0.1, 0.15) is 24.2 Å². The van der Waals surface area contributed by atoms with Crippen LogP contribution in [0.25, 0.3) is 10.2 Å². The number of benzene rings is 2. The Kier molecular flexibility index (Phi) is 8.52. The minimum absolute atomic E-state index is 0. The van der Waals surface area contributed by atoms with Crippen molar-refractivity contribution in [3.63, 3.8) is 0 Å². The predicted octanol–water partition coefficient (Wildman–Crippen LogP) is 4.99. The molecule has 1 heterocycles. The molecule has 5 nitrogen and oxygen atoms in total. The molecular weight excluding hydrogens is 432 g/mol. The van der Waals surface area contributed by atoms with Crippen molar-refractivity contribution in [2.75, 3.05) is 38.2 Å². The lowest BCUT2D eigenvalue weighted by Crippen LogP contribution is -2.38. The van der Waals surface area contributed by atoms with Gasteiger partial charge < -0.3 is 9.64 Å². The molecule has 0 aliphatic carbocycles. The fourth-order valence-corrected chi connectivity index (χ4v) is 4.07. The average molecular weight is 456 g/mol. The zero-order valence-electron chi connectivity index (χ0n) is 17.0. The number of amides is 1. The van der Waals surface area contributed by atoms with E-state index in [4.69, 9.17) is 4.74 Å². The Balaban J connectivity index is 0.00000320. The van der Waals surface area contributed by atoms with Crippen LogP contribution in [0.2, 0.25) is 0 Å². The summed E-state index contributed by atoms with van der Waals surface area (Å²) in [5.41, 5.74) is 0.507. The lowest BCUT2D eigenvalue weighted by molar-refractivity contribution is 0.0983. The maximum atomic E-state index is 14.1. The Morgan fingerprint density at radius 2 is 1.87 bits per heavy atom. The van der Waals surface area contributed by atoms with Crippen LogP contribution in [0.4, 0.5) is 13.9 Å². The molecule has 2 aromatic carbocycles. The minimum Gasteiger partial charge on any atom is -0.497 e. The van der Waals surface area contributed by atoms with Crippen LogP contribution in [0, 0.1) is 11.6 Å². The molecule has 0 fully saturated rings. The number of methoxy groups -OCH3 is 1. The first kappa shape index (κ1) is 24.0. The molecule has 3 rings (SSSR count). The summed E-state index contributed by atoms with van der Waals surface area (Å²) in [6.07, 6.45) is 0. The molecule has 0 spiro atoms. The van der Waals surface area contributed by atoms with Crippen molar-refractivity contribution < 1.29 is 18.3 Å². The molecule has 0 N–H and O–H groups in total. The average Bonchev–Trinajstić information content (AvgIpc) is 3.15. The molecule has 0 atom stereocenters. The van der Waals surface area contributed by atoms with Crippen molar-refractivity contribution in [2.24, 2.45) is 0 Å². The first-order valence-electron chi connectivity index (χ1n) is 9.40. The summed E-state index contributed by atoms with van der Waals surface area (Å²) in [7, 11) is 1.53. The van der Waals surface area contributed by atoms with Crippen LogP contribution in [0.15, 0.2) is 36.4 Å². The molecule has 0 aliphatic rings. The van der Waals surface area contributed by atoms with Crippen molar-refractivity contribution in [1.82, 2.24) is 9.88 Å². The van der Waals surface area contributed by atoms with Gasteiger partial charge in [-0.25, -0.2) is 13.8 Å². The third-order valence-corrected chi connectivity index (χ3v) is 5.75. The first-order chi connectivity index (χ1) is 14.0. The largest absolute Gasteiger partial charge is 0.497 e. The van der Waals surface area contributed by atoms with Crippen LogP contribution < -0.4 is 9.64 Å². The molecule has 1 amide bonds. The summed E-state index contributed by atoms with van der Waals surface area (Å²) in [6.45, 7) is 6.80. The lowest BCUT2D eigenvalue weighted by Gasteiger charge is -2.24. The molecular formula is C21H24ClF2N3O2S. The number of anilines is 1. The second kappa shape index (κ2) is 10.7. The number of carbonyl (C=O) groups is 1. The van der Waals surface area contributed by atoms with Gasteiger partial charge in [-0.15, -0.1) is 12.4 Å². The van der Waals surface area contributed by atoms with Crippen molar-refractivity contribution >= 4 is 45.0 Å². The molecule has 0 saturated heterocycles. The number of likely N-dealkylation sites (N-methyl/N-ethyl adjacent to an activating group) is 1. The molecule has 0 aliphatic heterocycles. The second-order valence-corrected chi connectivity index (χ2v) is 7.46. The Labute approximate surface area is 184 Å². The maximum Gasteiger partial charge on any atom is 0.260 e. The summed E-state index contributed by atoms with van der Waals surface area (Å²) in [5.74, 6) is -1.10. The van der Waals surface area contributed by atoms with E-state index in [1.807, 2.05) is 13.8 Å². The lowest BCUT2D eigenvalue weighted by atomic mass is 10.2.